The smallest absolute Gasteiger partial charge is 0.287 e. The summed E-state index contributed by atoms with van der Waals surface area (Å²) < 4.78 is 6.85. The van der Waals surface area contributed by atoms with Gasteiger partial charge in [-0.3, -0.25) is 9.59 Å². The molecule has 2 amide bonds. The predicted octanol–water partition coefficient (Wildman–Crippen LogP) is 2.89. The van der Waals surface area contributed by atoms with Crippen LogP contribution in [0.25, 0.3) is 0 Å². The van der Waals surface area contributed by atoms with Gasteiger partial charge in [-0.1, -0.05) is 11.6 Å². The fourth-order valence-electron chi connectivity index (χ4n) is 3.12. The van der Waals surface area contributed by atoms with Crippen LogP contribution >= 0.6 is 11.6 Å². The molecular formula is C19H23ClN4O3. The summed E-state index contributed by atoms with van der Waals surface area (Å²) in [6.07, 6.45) is 3.39. The lowest BCUT2D eigenvalue weighted by atomic mass is 10.1. The minimum absolute atomic E-state index is 0.264. The van der Waals surface area contributed by atoms with E-state index in [1.165, 1.54) is 0 Å². The molecule has 2 aromatic rings. The van der Waals surface area contributed by atoms with Crippen LogP contribution in [0.4, 0.5) is 5.69 Å². The Morgan fingerprint density at radius 2 is 2.00 bits per heavy atom. The van der Waals surface area contributed by atoms with Crippen molar-refractivity contribution in [1.29, 1.82) is 0 Å². The SMILES string of the molecule is COCCCNC(=O)c1nc(C(=O)Nc2ccc(Cl)cc2)c2n1CCCC2. The Bertz CT molecular complexity index is 817. The number of imidazole rings is 1. The van der Waals surface area contributed by atoms with E-state index in [4.69, 9.17) is 16.3 Å². The second-order valence-corrected chi connectivity index (χ2v) is 6.84. The molecule has 0 aliphatic carbocycles. The van der Waals surface area contributed by atoms with Crippen molar-refractivity contribution in [2.45, 2.75) is 32.2 Å². The van der Waals surface area contributed by atoms with E-state index in [-0.39, 0.29) is 11.8 Å². The standard InChI is InChI=1S/C19H23ClN4O3/c1-27-12-4-10-21-19(26)17-23-16(15-5-2-3-11-24(15)17)18(25)22-14-8-6-13(20)7-9-14/h6-9H,2-5,10-12H2,1H3,(H,21,26)(H,22,25). The molecule has 0 bridgehead atoms. The number of nitrogens with one attached hydrogen (secondary N) is 2. The number of amides is 2. The third-order valence-electron chi connectivity index (χ3n) is 4.45. The number of carbonyl (C=O) groups excluding carboxylic acids is 2. The molecule has 0 fully saturated rings. The number of ether oxygens (including phenoxy) is 1. The molecule has 144 valence electrons. The maximum Gasteiger partial charge on any atom is 0.287 e. The van der Waals surface area contributed by atoms with Crippen LogP contribution in [-0.4, -0.2) is 41.6 Å². The van der Waals surface area contributed by atoms with Crippen molar-refractivity contribution >= 4 is 29.1 Å². The summed E-state index contributed by atoms with van der Waals surface area (Å²) in [6.45, 7) is 1.77. The number of hydrogen-bond acceptors (Lipinski definition) is 4. The Hall–Kier alpha value is -2.38. The van der Waals surface area contributed by atoms with E-state index in [1.54, 1.807) is 31.4 Å². The molecule has 8 heteroatoms. The summed E-state index contributed by atoms with van der Waals surface area (Å²) in [5.41, 5.74) is 1.76. The number of nitrogens with zero attached hydrogens (tertiary/aromatic N) is 2. The van der Waals surface area contributed by atoms with Gasteiger partial charge < -0.3 is 19.9 Å². The number of carbonyl (C=O) groups is 2. The monoisotopic (exact) mass is 390 g/mol. The summed E-state index contributed by atoms with van der Waals surface area (Å²) in [5.74, 6) is -0.287. The number of hydrogen-bond donors (Lipinski definition) is 2. The van der Waals surface area contributed by atoms with E-state index in [2.05, 4.69) is 15.6 Å². The molecule has 1 aromatic carbocycles. The summed E-state index contributed by atoms with van der Waals surface area (Å²) in [6, 6.07) is 6.87. The molecule has 0 unspecified atom stereocenters. The van der Waals surface area contributed by atoms with Gasteiger partial charge in [-0.25, -0.2) is 4.98 Å². The second-order valence-electron chi connectivity index (χ2n) is 6.40. The molecule has 1 aliphatic heterocycles. The number of aromatic nitrogens is 2. The molecule has 27 heavy (non-hydrogen) atoms. The normalized spacial score (nSPS) is 13.1. The first-order valence-electron chi connectivity index (χ1n) is 9.03. The van der Waals surface area contributed by atoms with Gasteiger partial charge in [0.2, 0.25) is 0 Å². The van der Waals surface area contributed by atoms with E-state index in [9.17, 15) is 9.59 Å². The topological polar surface area (TPSA) is 85.2 Å². The van der Waals surface area contributed by atoms with Crippen molar-refractivity contribution in [3.8, 4) is 0 Å². The van der Waals surface area contributed by atoms with Crippen molar-refractivity contribution in [2.24, 2.45) is 0 Å². The van der Waals surface area contributed by atoms with E-state index in [1.807, 2.05) is 4.57 Å². The Morgan fingerprint density at radius 3 is 2.74 bits per heavy atom. The molecular weight excluding hydrogens is 368 g/mol. The van der Waals surface area contributed by atoms with Crippen LogP contribution in [0.15, 0.2) is 24.3 Å². The van der Waals surface area contributed by atoms with Crippen LogP contribution in [0, 0.1) is 0 Å². The van der Waals surface area contributed by atoms with Crippen molar-refractivity contribution in [2.75, 3.05) is 25.6 Å². The molecule has 0 atom stereocenters. The van der Waals surface area contributed by atoms with Gasteiger partial charge in [0, 0.05) is 37.5 Å². The highest BCUT2D eigenvalue weighted by Gasteiger charge is 2.27. The fraction of sp³-hybridized carbons (Fsp3) is 0.421. The molecule has 3 rings (SSSR count). The van der Waals surface area contributed by atoms with Crippen LogP contribution in [0.5, 0.6) is 0 Å². The molecule has 0 saturated carbocycles. The lowest BCUT2D eigenvalue weighted by Crippen LogP contribution is -2.29. The fourth-order valence-corrected chi connectivity index (χ4v) is 3.25. The van der Waals surface area contributed by atoms with Crippen LogP contribution in [-0.2, 0) is 17.7 Å². The van der Waals surface area contributed by atoms with Crippen molar-refractivity contribution < 1.29 is 14.3 Å². The summed E-state index contributed by atoms with van der Waals surface area (Å²) >= 11 is 5.88. The van der Waals surface area contributed by atoms with Crippen LogP contribution in [0.2, 0.25) is 5.02 Å². The van der Waals surface area contributed by atoms with E-state index < -0.39 is 0 Å². The minimum atomic E-state index is -0.318. The van der Waals surface area contributed by atoms with Crippen LogP contribution in [0.3, 0.4) is 0 Å². The van der Waals surface area contributed by atoms with Gasteiger partial charge in [0.15, 0.2) is 11.5 Å². The maximum atomic E-state index is 12.7. The van der Waals surface area contributed by atoms with Crippen LogP contribution < -0.4 is 10.6 Å². The zero-order chi connectivity index (χ0) is 19.2. The average Bonchev–Trinajstić information content (AvgIpc) is 3.07. The summed E-state index contributed by atoms with van der Waals surface area (Å²) in [4.78, 5) is 29.7. The number of fused-ring (bicyclic) bond motifs is 1. The number of methoxy groups -OCH3 is 1. The summed E-state index contributed by atoms with van der Waals surface area (Å²) in [7, 11) is 1.62. The molecule has 1 aromatic heterocycles. The zero-order valence-electron chi connectivity index (χ0n) is 15.3. The Kier molecular flexibility index (Phi) is 6.47. The summed E-state index contributed by atoms with van der Waals surface area (Å²) in [5, 5.41) is 6.27. The highest BCUT2D eigenvalue weighted by atomic mass is 35.5. The van der Waals surface area contributed by atoms with Crippen molar-refractivity contribution in [3.05, 3.63) is 46.5 Å². The van der Waals surface area contributed by atoms with Gasteiger partial charge in [-0.05, 0) is 49.9 Å². The number of rotatable bonds is 7. The molecule has 2 heterocycles. The number of halogens is 1. The molecule has 0 radical (unpaired) electrons. The largest absolute Gasteiger partial charge is 0.385 e. The lowest BCUT2D eigenvalue weighted by molar-refractivity contribution is 0.0932. The van der Waals surface area contributed by atoms with Gasteiger partial charge in [0.05, 0.1) is 5.69 Å². The number of anilines is 1. The Balaban J connectivity index is 1.78. The van der Waals surface area contributed by atoms with E-state index in [0.29, 0.717) is 41.9 Å². The second kappa shape index (κ2) is 9.01. The first-order chi connectivity index (χ1) is 13.1. The first kappa shape index (κ1) is 19.4. The van der Waals surface area contributed by atoms with Crippen LogP contribution in [0.1, 0.15) is 46.1 Å². The molecule has 0 spiro atoms. The van der Waals surface area contributed by atoms with Gasteiger partial charge in [0.1, 0.15) is 0 Å². The van der Waals surface area contributed by atoms with E-state index >= 15 is 0 Å². The molecule has 0 saturated heterocycles. The average molecular weight is 391 g/mol. The minimum Gasteiger partial charge on any atom is -0.385 e. The molecule has 7 nitrogen and oxygen atoms in total. The maximum absolute atomic E-state index is 12.7. The lowest BCUT2D eigenvalue weighted by Gasteiger charge is -2.17. The number of benzene rings is 1. The van der Waals surface area contributed by atoms with Gasteiger partial charge in [-0.15, -0.1) is 0 Å². The first-order valence-corrected chi connectivity index (χ1v) is 9.41. The molecule has 1 aliphatic rings. The van der Waals surface area contributed by atoms with E-state index in [0.717, 1.165) is 31.4 Å². The zero-order valence-corrected chi connectivity index (χ0v) is 16.0. The van der Waals surface area contributed by atoms with Crippen molar-refractivity contribution in [3.63, 3.8) is 0 Å². The van der Waals surface area contributed by atoms with Gasteiger partial charge in [0.25, 0.3) is 11.8 Å². The predicted molar refractivity (Wildman–Crippen MR) is 103 cm³/mol. The quantitative estimate of drug-likeness (QED) is 0.712. The highest BCUT2D eigenvalue weighted by Crippen LogP contribution is 2.22. The van der Waals surface area contributed by atoms with Gasteiger partial charge >= 0.3 is 0 Å². The van der Waals surface area contributed by atoms with Crippen molar-refractivity contribution in [1.82, 2.24) is 14.9 Å². The Labute approximate surface area is 163 Å². The highest BCUT2D eigenvalue weighted by molar-refractivity contribution is 6.30. The van der Waals surface area contributed by atoms with Gasteiger partial charge in [-0.2, -0.15) is 0 Å². The Morgan fingerprint density at radius 1 is 1.22 bits per heavy atom. The molecule has 2 N–H and O–H groups in total. The third-order valence-corrected chi connectivity index (χ3v) is 4.70. The third kappa shape index (κ3) is 4.67.